The predicted molar refractivity (Wildman–Crippen MR) is 140 cm³/mol. The molecular weight excluding hydrogens is 537 g/mol. The number of methoxy groups -OCH3 is 1. The second-order valence-corrected chi connectivity index (χ2v) is 11.4. The number of carboxylic acid groups (broad SMARTS) is 1. The number of hydrogen-bond acceptors (Lipinski definition) is 7. The topological polar surface area (TPSA) is 113 Å². The maximum atomic E-state index is 13.1. The number of thioether (sulfide) groups is 1. The standard InChI is InChI=1S/C25H36N2O4S.C2HF3O2/c1-6-7-8-9-14-32-18-12-10-17(11-13-18)21-19-20(23(29)27(4)22(19)28)25(26-21,15-16(2)3)24(30)31-5;3-2(4,5)1(6)7/h10-13,16,19-21,26H,6-9,14-15H2,1-5H3;(H,6,7)/t19-,20-,21-,25-;/m1./s1. The second-order valence-electron chi connectivity index (χ2n) is 10.2. The van der Waals surface area contributed by atoms with Crippen LogP contribution in [0.1, 0.15) is 64.5 Å². The molecule has 2 heterocycles. The molecule has 12 heteroatoms. The van der Waals surface area contributed by atoms with E-state index in [4.69, 9.17) is 14.6 Å². The van der Waals surface area contributed by atoms with E-state index in [1.165, 1.54) is 49.6 Å². The molecule has 0 radical (unpaired) electrons. The number of alkyl halides is 3. The first-order valence-corrected chi connectivity index (χ1v) is 13.9. The summed E-state index contributed by atoms with van der Waals surface area (Å²) >= 11 is 1.84. The van der Waals surface area contributed by atoms with Gasteiger partial charge < -0.3 is 9.84 Å². The first-order chi connectivity index (χ1) is 18.2. The number of carboxylic acids is 1. The van der Waals surface area contributed by atoms with E-state index in [0.717, 1.165) is 11.3 Å². The number of carbonyl (C=O) groups is 4. The lowest BCUT2D eigenvalue weighted by molar-refractivity contribution is -0.192. The number of ether oxygens (including phenoxy) is 1. The molecule has 4 atom stereocenters. The average molecular weight is 575 g/mol. The van der Waals surface area contributed by atoms with Crippen molar-refractivity contribution in [3.8, 4) is 0 Å². The Hall–Kier alpha value is -2.60. The number of carbonyl (C=O) groups excluding carboxylic acids is 3. The summed E-state index contributed by atoms with van der Waals surface area (Å²) in [6.45, 7) is 6.22. The van der Waals surface area contributed by atoms with Crippen molar-refractivity contribution in [3.05, 3.63) is 29.8 Å². The molecular formula is C27H37F3N2O6S. The number of benzene rings is 1. The van der Waals surface area contributed by atoms with Crippen LogP contribution in [0.3, 0.4) is 0 Å². The summed E-state index contributed by atoms with van der Waals surface area (Å²) in [7, 11) is 2.85. The molecule has 3 rings (SSSR count). The van der Waals surface area contributed by atoms with Crippen LogP contribution < -0.4 is 5.32 Å². The van der Waals surface area contributed by atoms with Crippen molar-refractivity contribution >= 4 is 35.5 Å². The van der Waals surface area contributed by atoms with Crippen LogP contribution in [0.5, 0.6) is 0 Å². The van der Waals surface area contributed by atoms with Crippen molar-refractivity contribution in [3.63, 3.8) is 0 Å². The summed E-state index contributed by atoms with van der Waals surface area (Å²) in [4.78, 5) is 50.5. The highest BCUT2D eigenvalue weighted by Crippen LogP contribution is 2.51. The fraction of sp³-hybridized carbons (Fsp3) is 0.630. The Labute approximate surface area is 231 Å². The zero-order valence-corrected chi connectivity index (χ0v) is 23.7. The minimum Gasteiger partial charge on any atom is -0.475 e. The molecule has 2 N–H and O–H groups in total. The molecule has 0 unspecified atom stereocenters. The molecule has 0 bridgehead atoms. The highest BCUT2D eigenvalue weighted by Gasteiger charge is 2.68. The highest BCUT2D eigenvalue weighted by molar-refractivity contribution is 7.99. The quantitative estimate of drug-likeness (QED) is 0.177. The molecule has 0 aliphatic carbocycles. The van der Waals surface area contributed by atoms with Gasteiger partial charge in [-0.05, 0) is 42.2 Å². The molecule has 2 amide bonds. The largest absolute Gasteiger partial charge is 0.490 e. The summed E-state index contributed by atoms with van der Waals surface area (Å²) in [6, 6.07) is 7.76. The van der Waals surface area contributed by atoms with Gasteiger partial charge >= 0.3 is 18.1 Å². The molecule has 39 heavy (non-hydrogen) atoms. The Morgan fingerprint density at radius 1 is 1.13 bits per heavy atom. The molecule has 1 aromatic rings. The summed E-state index contributed by atoms with van der Waals surface area (Å²) in [6.07, 6.45) is 0.306. The lowest BCUT2D eigenvalue weighted by atomic mass is 9.75. The van der Waals surface area contributed by atoms with Gasteiger partial charge in [-0.2, -0.15) is 13.2 Å². The van der Waals surface area contributed by atoms with Crippen LogP contribution in [-0.4, -0.2) is 65.4 Å². The number of amides is 2. The van der Waals surface area contributed by atoms with E-state index in [1.807, 2.05) is 37.7 Å². The molecule has 2 fully saturated rings. The van der Waals surface area contributed by atoms with Crippen LogP contribution in [0.15, 0.2) is 29.2 Å². The third-order valence-electron chi connectivity index (χ3n) is 6.90. The van der Waals surface area contributed by atoms with Crippen LogP contribution in [0.4, 0.5) is 13.2 Å². The number of nitrogens with one attached hydrogen (secondary N) is 1. The van der Waals surface area contributed by atoms with Crippen molar-refractivity contribution in [2.24, 2.45) is 17.8 Å². The van der Waals surface area contributed by atoms with Crippen molar-refractivity contribution < 1.29 is 42.2 Å². The average Bonchev–Trinajstić information content (AvgIpc) is 3.32. The van der Waals surface area contributed by atoms with Gasteiger partial charge in [-0.25, -0.2) is 4.79 Å². The summed E-state index contributed by atoms with van der Waals surface area (Å²) < 4.78 is 36.9. The minimum atomic E-state index is -5.08. The third-order valence-corrected chi connectivity index (χ3v) is 8.00. The number of fused-ring (bicyclic) bond motifs is 1. The second kappa shape index (κ2) is 13.6. The van der Waals surface area contributed by atoms with Crippen molar-refractivity contribution in [2.45, 2.75) is 75.5 Å². The van der Waals surface area contributed by atoms with Gasteiger partial charge in [0.25, 0.3) is 0 Å². The number of halogens is 3. The first kappa shape index (κ1) is 32.6. The van der Waals surface area contributed by atoms with E-state index in [1.54, 1.807) is 0 Å². The van der Waals surface area contributed by atoms with Gasteiger partial charge in [0, 0.05) is 18.0 Å². The predicted octanol–water partition coefficient (Wildman–Crippen LogP) is 4.83. The van der Waals surface area contributed by atoms with Crippen molar-refractivity contribution in [1.82, 2.24) is 10.2 Å². The maximum absolute atomic E-state index is 13.1. The zero-order valence-electron chi connectivity index (χ0n) is 22.8. The molecule has 0 saturated carbocycles. The van der Waals surface area contributed by atoms with Crippen LogP contribution in [0.25, 0.3) is 0 Å². The van der Waals surface area contributed by atoms with E-state index < -0.39 is 41.5 Å². The van der Waals surface area contributed by atoms with E-state index in [0.29, 0.717) is 6.42 Å². The Kier molecular flexibility index (Phi) is 11.4. The number of rotatable bonds is 10. The smallest absolute Gasteiger partial charge is 0.475 e. The van der Waals surface area contributed by atoms with Gasteiger partial charge in [-0.15, -0.1) is 11.8 Å². The molecule has 0 spiro atoms. The Morgan fingerprint density at radius 2 is 1.72 bits per heavy atom. The molecule has 0 aromatic heterocycles. The third kappa shape index (κ3) is 7.53. The zero-order chi connectivity index (χ0) is 29.5. The maximum Gasteiger partial charge on any atom is 0.490 e. The fourth-order valence-electron chi connectivity index (χ4n) is 5.21. The van der Waals surface area contributed by atoms with Crippen LogP contribution in [0.2, 0.25) is 0 Å². The van der Waals surface area contributed by atoms with Gasteiger partial charge in [0.2, 0.25) is 11.8 Å². The molecule has 218 valence electrons. The fourth-order valence-corrected chi connectivity index (χ4v) is 6.12. The number of imide groups is 1. The number of likely N-dealkylation sites (tertiary alicyclic amines) is 1. The van der Waals surface area contributed by atoms with Crippen molar-refractivity contribution in [2.75, 3.05) is 19.9 Å². The van der Waals surface area contributed by atoms with Crippen molar-refractivity contribution in [1.29, 1.82) is 0 Å². The summed E-state index contributed by atoms with van der Waals surface area (Å²) in [5.41, 5.74) is -0.288. The van der Waals surface area contributed by atoms with E-state index in [9.17, 15) is 27.6 Å². The van der Waals surface area contributed by atoms with E-state index >= 15 is 0 Å². The number of esters is 1. The highest BCUT2D eigenvalue weighted by atomic mass is 32.2. The molecule has 8 nitrogen and oxygen atoms in total. The normalized spacial score (nSPS) is 24.4. The lowest BCUT2D eigenvalue weighted by Crippen LogP contribution is -2.56. The van der Waals surface area contributed by atoms with Gasteiger partial charge in [-0.1, -0.05) is 52.2 Å². The van der Waals surface area contributed by atoms with Crippen LogP contribution in [-0.2, 0) is 23.9 Å². The summed E-state index contributed by atoms with van der Waals surface area (Å²) in [5, 5.41) is 10.5. The molecule has 2 aliphatic heterocycles. The van der Waals surface area contributed by atoms with Gasteiger partial charge in [0.15, 0.2) is 0 Å². The summed E-state index contributed by atoms with van der Waals surface area (Å²) in [5.74, 6) is -3.91. The molecule has 2 aliphatic rings. The van der Waals surface area contributed by atoms with Gasteiger partial charge in [0.1, 0.15) is 5.54 Å². The monoisotopic (exact) mass is 574 g/mol. The SMILES string of the molecule is CCCCCCSc1ccc([C@H]2N[C@@](CC(C)C)(C(=O)OC)[C@H]3C(=O)N(C)C(=O)[C@@H]23)cc1.O=C(O)C(F)(F)F. The Balaban J connectivity index is 0.000000673. The number of unbranched alkanes of at least 4 members (excludes halogenated alkanes) is 3. The lowest BCUT2D eigenvalue weighted by Gasteiger charge is -2.33. The van der Waals surface area contributed by atoms with Crippen LogP contribution in [0, 0.1) is 17.8 Å². The van der Waals surface area contributed by atoms with Crippen LogP contribution >= 0.6 is 11.8 Å². The molecule has 1 aromatic carbocycles. The first-order valence-electron chi connectivity index (χ1n) is 12.9. The Morgan fingerprint density at radius 3 is 2.21 bits per heavy atom. The van der Waals surface area contributed by atoms with E-state index in [2.05, 4.69) is 24.4 Å². The number of aliphatic carboxylic acids is 1. The minimum absolute atomic E-state index is 0.140. The Bertz CT molecular complexity index is 1030. The van der Waals surface area contributed by atoms with Gasteiger partial charge in [0.05, 0.1) is 18.9 Å². The van der Waals surface area contributed by atoms with Gasteiger partial charge in [-0.3, -0.25) is 24.6 Å². The number of nitrogens with zero attached hydrogens (tertiary/aromatic N) is 1. The molecule has 2 saturated heterocycles. The number of hydrogen-bond donors (Lipinski definition) is 2. The van der Waals surface area contributed by atoms with E-state index in [-0.39, 0.29) is 17.7 Å².